The maximum Gasteiger partial charge on any atom is 0.259 e. The second-order valence-electron chi connectivity index (χ2n) is 5.57. The minimum Gasteiger partial charge on any atom is -0.487 e. The molecule has 0 saturated carbocycles. The van der Waals surface area contributed by atoms with Gasteiger partial charge in [0.2, 0.25) is 0 Å². The van der Waals surface area contributed by atoms with Crippen molar-refractivity contribution in [3.8, 4) is 17.1 Å². The number of aromatic amines is 1. The van der Waals surface area contributed by atoms with E-state index in [2.05, 4.69) is 15.0 Å². The minimum absolute atomic E-state index is 0.143. The number of hydrogen-bond acceptors (Lipinski definition) is 4. The van der Waals surface area contributed by atoms with Crippen molar-refractivity contribution in [2.45, 2.75) is 6.61 Å². The van der Waals surface area contributed by atoms with Crippen molar-refractivity contribution in [2.75, 3.05) is 0 Å². The summed E-state index contributed by atoms with van der Waals surface area (Å²) in [6.45, 7) is 0.408. The van der Waals surface area contributed by atoms with Gasteiger partial charge in [0, 0.05) is 11.8 Å². The Hall–Kier alpha value is -3.47. The van der Waals surface area contributed by atoms with E-state index in [1.54, 1.807) is 12.3 Å². The monoisotopic (exact) mass is 329 g/mol. The summed E-state index contributed by atoms with van der Waals surface area (Å²) in [4.78, 5) is 23.7. The molecule has 122 valence electrons. The van der Waals surface area contributed by atoms with Gasteiger partial charge in [-0.1, -0.05) is 18.2 Å². The van der Waals surface area contributed by atoms with E-state index in [4.69, 9.17) is 4.74 Å². The standard InChI is InChI=1S/C20H15N3O2/c24-20-17-6-1-2-7-18(17)22-19(23-20)14-8-10-16(11-9-14)25-13-15-5-3-4-12-21-15/h1-12H,13H2,(H,22,23,24). The first-order chi connectivity index (χ1) is 12.3. The van der Waals surface area contributed by atoms with E-state index in [1.165, 1.54) is 0 Å². The molecule has 0 saturated heterocycles. The third-order valence-corrected chi connectivity index (χ3v) is 3.85. The number of hydrogen-bond donors (Lipinski definition) is 1. The molecule has 0 bridgehead atoms. The number of aromatic nitrogens is 3. The first-order valence-electron chi connectivity index (χ1n) is 7.92. The molecule has 25 heavy (non-hydrogen) atoms. The average molecular weight is 329 g/mol. The fourth-order valence-corrected chi connectivity index (χ4v) is 2.57. The van der Waals surface area contributed by atoms with Gasteiger partial charge in [-0.15, -0.1) is 0 Å². The van der Waals surface area contributed by atoms with Crippen LogP contribution in [-0.4, -0.2) is 15.0 Å². The van der Waals surface area contributed by atoms with Crippen LogP contribution in [0.2, 0.25) is 0 Å². The number of H-pyrrole nitrogens is 1. The Morgan fingerprint density at radius 2 is 1.72 bits per heavy atom. The normalized spacial score (nSPS) is 10.7. The molecule has 4 rings (SSSR count). The second kappa shape index (κ2) is 6.57. The van der Waals surface area contributed by atoms with E-state index < -0.39 is 0 Å². The number of pyridine rings is 1. The van der Waals surface area contributed by atoms with Gasteiger partial charge in [0.25, 0.3) is 5.56 Å². The van der Waals surface area contributed by atoms with Gasteiger partial charge in [-0.2, -0.15) is 0 Å². The summed E-state index contributed by atoms with van der Waals surface area (Å²) < 4.78 is 5.72. The summed E-state index contributed by atoms with van der Waals surface area (Å²) in [5.41, 5.74) is 2.23. The van der Waals surface area contributed by atoms with Gasteiger partial charge in [-0.05, 0) is 48.5 Å². The molecular weight excluding hydrogens is 314 g/mol. The highest BCUT2D eigenvalue weighted by Crippen LogP contribution is 2.20. The van der Waals surface area contributed by atoms with Crippen molar-refractivity contribution < 1.29 is 4.74 Å². The maximum absolute atomic E-state index is 12.2. The lowest BCUT2D eigenvalue weighted by molar-refractivity contribution is 0.301. The zero-order chi connectivity index (χ0) is 17.1. The zero-order valence-electron chi connectivity index (χ0n) is 13.3. The van der Waals surface area contributed by atoms with Crippen molar-refractivity contribution in [1.82, 2.24) is 15.0 Å². The molecule has 0 spiro atoms. The molecule has 1 N–H and O–H groups in total. The predicted octanol–water partition coefficient (Wildman–Crippen LogP) is 3.56. The van der Waals surface area contributed by atoms with Crippen LogP contribution in [-0.2, 0) is 6.61 Å². The van der Waals surface area contributed by atoms with Crippen LogP contribution in [0, 0.1) is 0 Å². The minimum atomic E-state index is -0.143. The maximum atomic E-state index is 12.2. The molecular formula is C20H15N3O2. The van der Waals surface area contributed by atoms with Crippen LogP contribution in [0.1, 0.15) is 5.69 Å². The molecule has 0 fully saturated rings. The third kappa shape index (κ3) is 3.26. The third-order valence-electron chi connectivity index (χ3n) is 3.85. The molecule has 0 aliphatic rings. The molecule has 2 aromatic carbocycles. The quantitative estimate of drug-likeness (QED) is 0.621. The Balaban J connectivity index is 1.57. The highest BCUT2D eigenvalue weighted by atomic mass is 16.5. The van der Waals surface area contributed by atoms with Gasteiger partial charge < -0.3 is 9.72 Å². The molecule has 0 aliphatic heterocycles. The Morgan fingerprint density at radius 1 is 0.920 bits per heavy atom. The molecule has 2 aromatic heterocycles. The van der Waals surface area contributed by atoms with E-state index in [0.717, 1.165) is 17.0 Å². The summed E-state index contributed by atoms with van der Waals surface area (Å²) >= 11 is 0. The Labute approximate surface area is 144 Å². The average Bonchev–Trinajstić information content (AvgIpc) is 2.68. The van der Waals surface area contributed by atoms with Crippen molar-refractivity contribution in [1.29, 1.82) is 0 Å². The fraction of sp³-hybridized carbons (Fsp3) is 0.0500. The van der Waals surface area contributed by atoms with Crippen LogP contribution in [0.15, 0.2) is 77.7 Å². The lowest BCUT2D eigenvalue weighted by Crippen LogP contribution is -2.09. The topological polar surface area (TPSA) is 67.9 Å². The van der Waals surface area contributed by atoms with Crippen LogP contribution in [0.3, 0.4) is 0 Å². The molecule has 4 aromatic rings. The van der Waals surface area contributed by atoms with Gasteiger partial charge in [0.05, 0.1) is 16.6 Å². The summed E-state index contributed by atoms with van der Waals surface area (Å²) in [5.74, 6) is 1.28. The van der Waals surface area contributed by atoms with Crippen molar-refractivity contribution in [2.24, 2.45) is 0 Å². The first-order valence-corrected chi connectivity index (χ1v) is 7.92. The Kier molecular flexibility index (Phi) is 3.96. The van der Waals surface area contributed by atoms with Gasteiger partial charge in [-0.3, -0.25) is 9.78 Å². The molecule has 0 atom stereocenters. The lowest BCUT2D eigenvalue weighted by atomic mass is 10.2. The van der Waals surface area contributed by atoms with Crippen LogP contribution in [0.5, 0.6) is 5.75 Å². The fourth-order valence-electron chi connectivity index (χ4n) is 2.57. The van der Waals surface area contributed by atoms with Gasteiger partial charge in [0.15, 0.2) is 0 Å². The van der Waals surface area contributed by atoms with E-state index in [0.29, 0.717) is 23.3 Å². The number of fused-ring (bicyclic) bond motifs is 1. The molecule has 5 nitrogen and oxygen atoms in total. The summed E-state index contributed by atoms with van der Waals surface area (Å²) in [5, 5.41) is 0.585. The zero-order valence-corrected chi connectivity index (χ0v) is 13.3. The van der Waals surface area contributed by atoms with Crippen LogP contribution in [0.25, 0.3) is 22.3 Å². The molecule has 0 amide bonds. The Morgan fingerprint density at radius 3 is 2.52 bits per heavy atom. The van der Waals surface area contributed by atoms with Crippen LogP contribution >= 0.6 is 0 Å². The molecule has 0 radical (unpaired) electrons. The van der Waals surface area contributed by atoms with E-state index in [1.807, 2.05) is 60.7 Å². The number of ether oxygens (including phenoxy) is 1. The van der Waals surface area contributed by atoms with Crippen LogP contribution < -0.4 is 10.3 Å². The lowest BCUT2D eigenvalue weighted by Gasteiger charge is -2.07. The smallest absolute Gasteiger partial charge is 0.259 e. The molecule has 2 heterocycles. The van der Waals surface area contributed by atoms with E-state index >= 15 is 0 Å². The largest absolute Gasteiger partial charge is 0.487 e. The van der Waals surface area contributed by atoms with Gasteiger partial charge in [-0.25, -0.2) is 4.98 Å². The van der Waals surface area contributed by atoms with Crippen molar-refractivity contribution >= 4 is 10.9 Å². The molecule has 0 unspecified atom stereocenters. The first kappa shape index (κ1) is 15.1. The van der Waals surface area contributed by atoms with Crippen molar-refractivity contribution in [3.63, 3.8) is 0 Å². The summed E-state index contributed by atoms with van der Waals surface area (Å²) in [6, 6.07) is 20.5. The number of nitrogens with zero attached hydrogens (tertiary/aromatic N) is 2. The highest BCUT2D eigenvalue weighted by molar-refractivity contribution is 5.79. The number of rotatable bonds is 4. The number of para-hydroxylation sites is 1. The highest BCUT2D eigenvalue weighted by Gasteiger charge is 2.06. The summed E-state index contributed by atoms with van der Waals surface area (Å²) in [6.07, 6.45) is 1.74. The van der Waals surface area contributed by atoms with E-state index in [9.17, 15) is 4.79 Å². The number of nitrogens with one attached hydrogen (secondary N) is 1. The predicted molar refractivity (Wildman–Crippen MR) is 96.4 cm³/mol. The summed E-state index contributed by atoms with van der Waals surface area (Å²) in [7, 11) is 0. The van der Waals surface area contributed by atoms with Crippen molar-refractivity contribution in [3.05, 3.63) is 89.0 Å². The molecule has 5 heteroatoms. The second-order valence-corrected chi connectivity index (χ2v) is 5.57. The SMILES string of the molecule is O=c1[nH]c(-c2ccc(OCc3ccccn3)cc2)nc2ccccc12. The number of benzene rings is 2. The van der Waals surface area contributed by atoms with Gasteiger partial charge in [0.1, 0.15) is 18.2 Å². The molecule has 0 aliphatic carbocycles. The van der Waals surface area contributed by atoms with E-state index in [-0.39, 0.29) is 5.56 Å². The Bertz CT molecular complexity index is 1060. The van der Waals surface area contributed by atoms with Crippen LogP contribution in [0.4, 0.5) is 0 Å². The van der Waals surface area contributed by atoms with Gasteiger partial charge >= 0.3 is 0 Å².